The Morgan fingerprint density at radius 1 is 1.55 bits per heavy atom. The first-order valence-corrected chi connectivity index (χ1v) is 4.06. The van der Waals surface area contributed by atoms with Gasteiger partial charge in [0.15, 0.2) is 0 Å². The Kier molecular flexibility index (Phi) is 4.84. The molecule has 0 saturated heterocycles. The Labute approximate surface area is 68.8 Å². The predicted molar refractivity (Wildman–Crippen MR) is 48.0 cm³/mol. The molecule has 0 N–H and O–H groups in total. The summed E-state index contributed by atoms with van der Waals surface area (Å²) in [4.78, 5) is 0. The quantitative estimate of drug-likeness (QED) is 0.544. The van der Waals surface area contributed by atoms with Crippen LogP contribution in [0, 0.1) is 11.8 Å². The van der Waals surface area contributed by atoms with Crippen molar-refractivity contribution in [3.8, 4) is 0 Å². The summed E-state index contributed by atoms with van der Waals surface area (Å²) in [5.74, 6) is 0.362. The summed E-state index contributed by atoms with van der Waals surface area (Å²) in [7, 11) is 0. The van der Waals surface area contributed by atoms with Crippen molar-refractivity contribution in [2.45, 2.75) is 27.2 Å². The maximum absolute atomic E-state index is 12.9. The molecule has 0 heterocycles. The van der Waals surface area contributed by atoms with Crippen molar-refractivity contribution in [1.29, 1.82) is 0 Å². The van der Waals surface area contributed by atoms with Crippen molar-refractivity contribution in [3.05, 3.63) is 24.6 Å². The van der Waals surface area contributed by atoms with Gasteiger partial charge in [0.05, 0.1) is 5.83 Å². The molecule has 0 bridgehead atoms. The first-order chi connectivity index (χ1) is 5.13. The summed E-state index contributed by atoms with van der Waals surface area (Å²) in [6.07, 6.45) is 4.25. The maximum Gasteiger partial charge on any atom is 0.0987 e. The average Bonchev–Trinajstić information content (AvgIpc) is 2.02. The zero-order valence-corrected chi connectivity index (χ0v) is 7.60. The zero-order valence-electron chi connectivity index (χ0n) is 7.60. The molecular weight excluding hydrogens is 139 g/mol. The fourth-order valence-corrected chi connectivity index (χ4v) is 1.00. The molecule has 0 aliphatic carbocycles. The van der Waals surface area contributed by atoms with Gasteiger partial charge in [0.25, 0.3) is 0 Å². The molecule has 11 heavy (non-hydrogen) atoms. The molecule has 0 aromatic carbocycles. The van der Waals surface area contributed by atoms with Crippen molar-refractivity contribution in [2.24, 2.45) is 11.8 Å². The van der Waals surface area contributed by atoms with Crippen LogP contribution >= 0.6 is 0 Å². The molecule has 0 fully saturated rings. The standard InChI is InChI=1S/C10H17F/c1-5-7-8(3)9(4)10(11)6-2/h5-6,8-9H,1,7H2,2-4H3/b10-6+/t8-,9+/m0/s1. The second-order valence-corrected chi connectivity index (χ2v) is 2.96. The lowest BCUT2D eigenvalue weighted by molar-refractivity contribution is 0.373. The van der Waals surface area contributed by atoms with E-state index in [9.17, 15) is 4.39 Å². The Morgan fingerprint density at radius 3 is 2.45 bits per heavy atom. The lowest BCUT2D eigenvalue weighted by atomic mass is 9.92. The second-order valence-electron chi connectivity index (χ2n) is 2.96. The van der Waals surface area contributed by atoms with Gasteiger partial charge in [-0.2, -0.15) is 0 Å². The van der Waals surface area contributed by atoms with Crippen LogP contribution in [0.4, 0.5) is 4.39 Å². The third kappa shape index (κ3) is 3.35. The number of halogens is 1. The highest BCUT2D eigenvalue weighted by Gasteiger charge is 2.14. The molecule has 0 aromatic heterocycles. The highest BCUT2D eigenvalue weighted by Crippen LogP contribution is 2.23. The molecule has 1 heteroatoms. The van der Waals surface area contributed by atoms with E-state index in [0.717, 1.165) is 6.42 Å². The topological polar surface area (TPSA) is 0 Å². The molecule has 0 saturated carbocycles. The fraction of sp³-hybridized carbons (Fsp3) is 0.600. The minimum absolute atomic E-state index is 0.0145. The van der Waals surface area contributed by atoms with Gasteiger partial charge >= 0.3 is 0 Å². The van der Waals surface area contributed by atoms with Crippen LogP contribution in [-0.4, -0.2) is 0 Å². The Morgan fingerprint density at radius 2 is 2.09 bits per heavy atom. The van der Waals surface area contributed by atoms with Gasteiger partial charge in [-0.3, -0.25) is 0 Å². The molecule has 0 aliphatic rings. The van der Waals surface area contributed by atoms with E-state index < -0.39 is 0 Å². The van der Waals surface area contributed by atoms with Gasteiger partial charge in [-0.25, -0.2) is 4.39 Å². The van der Waals surface area contributed by atoms with Crippen LogP contribution in [0.2, 0.25) is 0 Å². The molecule has 0 spiro atoms. The summed E-state index contributed by atoms with van der Waals surface area (Å²) in [6.45, 7) is 9.30. The van der Waals surface area contributed by atoms with E-state index in [1.807, 2.05) is 19.9 Å². The van der Waals surface area contributed by atoms with E-state index in [1.165, 1.54) is 6.08 Å². The minimum Gasteiger partial charge on any atom is -0.212 e. The lowest BCUT2D eigenvalue weighted by Crippen LogP contribution is -2.07. The van der Waals surface area contributed by atoms with Gasteiger partial charge in [-0.05, 0) is 19.3 Å². The SMILES string of the molecule is C=CC[C@H](C)[C@@H](C)/C(F)=C\C. The molecule has 0 nitrogen and oxygen atoms in total. The van der Waals surface area contributed by atoms with Crippen LogP contribution in [-0.2, 0) is 0 Å². The van der Waals surface area contributed by atoms with Gasteiger partial charge in [0.2, 0.25) is 0 Å². The number of rotatable bonds is 4. The van der Waals surface area contributed by atoms with Crippen molar-refractivity contribution in [2.75, 3.05) is 0 Å². The Hall–Kier alpha value is -0.590. The van der Waals surface area contributed by atoms with Crippen LogP contribution < -0.4 is 0 Å². The molecule has 64 valence electrons. The van der Waals surface area contributed by atoms with Crippen molar-refractivity contribution in [1.82, 2.24) is 0 Å². The molecule has 2 atom stereocenters. The third-order valence-corrected chi connectivity index (χ3v) is 2.10. The molecule has 0 rings (SSSR count). The summed E-state index contributed by atoms with van der Waals surface area (Å²) in [5.41, 5.74) is 0. The second kappa shape index (κ2) is 5.11. The zero-order chi connectivity index (χ0) is 8.85. The van der Waals surface area contributed by atoms with Crippen LogP contribution in [0.15, 0.2) is 24.6 Å². The van der Waals surface area contributed by atoms with E-state index in [4.69, 9.17) is 0 Å². The van der Waals surface area contributed by atoms with E-state index in [0.29, 0.717) is 5.92 Å². The van der Waals surface area contributed by atoms with E-state index in [2.05, 4.69) is 6.58 Å². The van der Waals surface area contributed by atoms with Crippen LogP contribution in [0.1, 0.15) is 27.2 Å². The van der Waals surface area contributed by atoms with Crippen LogP contribution in [0.3, 0.4) is 0 Å². The summed E-state index contributed by atoms with van der Waals surface area (Å²) >= 11 is 0. The smallest absolute Gasteiger partial charge is 0.0987 e. The Bertz CT molecular complexity index is 147. The summed E-state index contributed by atoms with van der Waals surface area (Å²) in [5, 5.41) is 0. The molecule has 0 radical (unpaired) electrons. The summed E-state index contributed by atoms with van der Waals surface area (Å²) < 4.78 is 12.9. The number of allylic oxidation sites excluding steroid dienone is 3. The lowest BCUT2D eigenvalue weighted by Gasteiger charge is -2.15. The Balaban J connectivity index is 4.00. The molecular formula is C10H17F. The third-order valence-electron chi connectivity index (χ3n) is 2.10. The van der Waals surface area contributed by atoms with Crippen molar-refractivity contribution < 1.29 is 4.39 Å². The van der Waals surface area contributed by atoms with E-state index in [1.54, 1.807) is 6.92 Å². The number of hydrogen-bond acceptors (Lipinski definition) is 0. The van der Waals surface area contributed by atoms with Crippen molar-refractivity contribution in [3.63, 3.8) is 0 Å². The monoisotopic (exact) mass is 156 g/mol. The van der Waals surface area contributed by atoms with Gasteiger partial charge < -0.3 is 0 Å². The first kappa shape index (κ1) is 10.4. The molecule has 0 unspecified atom stereocenters. The average molecular weight is 156 g/mol. The normalized spacial score (nSPS) is 17.6. The summed E-state index contributed by atoms with van der Waals surface area (Å²) in [6, 6.07) is 0. The van der Waals surface area contributed by atoms with E-state index in [-0.39, 0.29) is 11.7 Å². The number of hydrogen-bond donors (Lipinski definition) is 0. The van der Waals surface area contributed by atoms with Crippen molar-refractivity contribution >= 4 is 0 Å². The largest absolute Gasteiger partial charge is 0.212 e. The highest BCUT2D eigenvalue weighted by molar-refractivity contribution is 4.96. The van der Waals surface area contributed by atoms with Gasteiger partial charge in [-0.1, -0.05) is 26.0 Å². The van der Waals surface area contributed by atoms with Gasteiger partial charge in [0.1, 0.15) is 0 Å². The maximum atomic E-state index is 12.9. The van der Waals surface area contributed by atoms with Gasteiger partial charge in [0, 0.05) is 5.92 Å². The first-order valence-electron chi connectivity index (χ1n) is 4.06. The van der Waals surface area contributed by atoms with Crippen LogP contribution in [0.5, 0.6) is 0 Å². The predicted octanol–water partition coefficient (Wildman–Crippen LogP) is 3.71. The van der Waals surface area contributed by atoms with Crippen LogP contribution in [0.25, 0.3) is 0 Å². The van der Waals surface area contributed by atoms with Gasteiger partial charge in [-0.15, -0.1) is 6.58 Å². The molecule has 0 aromatic rings. The highest BCUT2D eigenvalue weighted by atomic mass is 19.1. The minimum atomic E-state index is -0.0145. The fourth-order valence-electron chi connectivity index (χ4n) is 1.00. The molecule has 0 amide bonds. The van der Waals surface area contributed by atoms with E-state index >= 15 is 0 Å². The molecule has 0 aliphatic heterocycles.